The van der Waals surface area contributed by atoms with Gasteiger partial charge < -0.3 is 18.9 Å². The average molecular weight is 551 g/mol. The lowest BCUT2D eigenvalue weighted by atomic mass is 10.0. The number of benzene rings is 2. The molecule has 2 aromatic carbocycles. The van der Waals surface area contributed by atoms with Crippen LogP contribution in [0, 0.1) is 0 Å². The van der Waals surface area contributed by atoms with Gasteiger partial charge in [-0.05, 0) is 94.3 Å². The Bertz CT molecular complexity index is 1100. The van der Waals surface area contributed by atoms with Crippen molar-refractivity contribution in [2.24, 2.45) is 0 Å². The quantitative estimate of drug-likeness (QED) is 0.0792. The third kappa shape index (κ3) is 13.3. The fraction of sp³-hybridized carbons (Fsp3) is 0.424. The van der Waals surface area contributed by atoms with Crippen LogP contribution in [0.3, 0.4) is 0 Å². The molecule has 0 amide bonds. The highest BCUT2D eigenvalue weighted by Crippen LogP contribution is 2.20. The van der Waals surface area contributed by atoms with E-state index < -0.39 is 5.97 Å². The molecular weight excluding hydrogens is 508 g/mol. The highest BCUT2D eigenvalue weighted by atomic mass is 16.5. The van der Waals surface area contributed by atoms with Crippen LogP contribution in [0.1, 0.15) is 81.1 Å². The zero-order valence-corrected chi connectivity index (χ0v) is 23.9. The monoisotopic (exact) mass is 550 g/mol. The molecular formula is C33H42O7. The number of unbranched alkanes of at least 4 members (excludes halogenated alkanes) is 6. The molecule has 0 aliphatic rings. The van der Waals surface area contributed by atoms with Gasteiger partial charge in [0.2, 0.25) is 0 Å². The molecule has 0 aromatic heterocycles. The van der Waals surface area contributed by atoms with Gasteiger partial charge in [-0.1, -0.05) is 44.6 Å². The summed E-state index contributed by atoms with van der Waals surface area (Å²) in [5, 5.41) is 0. The van der Waals surface area contributed by atoms with Gasteiger partial charge in [-0.3, -0.25) is 0 Å². The molecule has 0 aliphatic heterocycles. The van der Waals surface area contributed by atoms with E-state index in [9.17, 15) is 14.4 Å². The molecule has 0 aliphatic carbocycles. The number of hydrogen-bond donors (Lipinski definition) is 0. The third-order valence-electron chi connectivity index (χ3n) is 6.05. The van der Waals surface area contributed by atoms with Crippen LogP contribution < -0.4 is 9.47 Å². The molecule has 40 heavy (non-hydrogen) atoms. The first-order chi connectivity index (χ1) is 19.3. The lowest BCUT2D eigenvalue weighted by molar-refractivity contribution is -0.139. The van der Waals surface area contributed by atoms with E-state index in [2.05, 4.69) is 13.2 Å². The van der Waals surface area contributed by atoms with Crippen LogP contribution in [0.15, 0.2) is 72.8 Å². The number of hydrogen-bond acceptors (Lipinski definition) is 7. The molecule has 0 bridgehead atoms. The molecule has 0 saturated heterocycles. The summed E-state index contributed by atoms with van der Waals surface area (Å²) in [7, 11) is 0. The number of rotatable bonds is 19. The molecule has 216 valence electrons. The van der Waals surface area contributed by atoms with Gasteiger partial charge >= 0.3 is 17.9 Å². The van der Waals surface area contributed by atoms with Gasteiger partial charge in [0.05, 0.1) is 25.4 Å². The molecule has 0 saturated carbocycles. The van der Waals surface area contributed by atoms with Gasteiger partial charge in [0, 0.05) is 11.1 Å². The van der Waals surface area contributed by atoms with E-state index in [1.807, 2.05) is 12.1 Å². The van der Waals surface area contributed by atoms with Crippen molar-refractivity contribution in [3.8, 4) is 11.5 Å². The minimum absolute atomic E-state index is 0.323. The van der Waals surface area contributed by atoms with Crippen LogP contribution in [-0.2, 0) is 25.5 Å². The highest BCUT2D eigenvalue weighted by Gasteiger charge is 2.09. The zero-order chi connectivity index (χ0) is 29.2. The maximum Gasteiger partial charge on any atom is 0.343 e. The topological polar surface area (TPSA) is 88.1 Å². The van der Waals surface area contributed by atoms with Crippen LogP contribution in [0.4, 0.5) is 0 Å². The van der Waals surface area contributed by atoms with E-state index in [1.165, 1.54) is 5.56 Å². The first-order valence-electron chi connectivity index (χ1n) is 14.0. The predicted molar refractivity (Wildman–Crippen MR) is 156 cm³/mol. The van der Waals surface area contributed by atoms with E-state index in [0.717, 1.165) is 57.8 Å². The van der Waals surface area contributed by atoms with Crippen LogP contribution in [-0.4, -0.2) is 37.7 Å². The van der Waals surface area contributed by atoms with Crippen molar-refractivity contribution in [3.05, 3.63) is 84.0 Å². The third-order valence-corrected chi connectivity index (χ3v) is 6.05. The smallest absolute Gasteiger partial charge is 0.343 e. The Kier molecular flexibility index (Phi) is 14.9. The minimum atomic E-state index is -0.403. The summed E-state index contributed by atoms with van der Waals surface area (Å²) < 4.78 is 21.4. The van der Waals surface area contributed by atoms with Gasteiger partial charge in [0.15, 0.2) is 0 Å². The Hall–Kier alpha value is -3.87. The Labute approximate surface area is 238 Å². The molecule has 0 spiro atoms. The number of aryl methyl sites for hydroxylation is 1. The maximum absolute atomic E-state index is 12.5. The minimum Gasteiger partial charge on any atom is -0.494 e. The van der Waals surface area contributed by atoms with Gasteiger partial charge in [-0.2, -0.15) is 0 Å². The molecule has 0 radical (unpaired) electrons. The van der Waals surface area contributed by atoms with Gasteiger partial charge in [0.1, 0.15) is 11.5 Å². The van der Waals surface area contributed by atoms with E-state index in [1.54, 1.807) is 50.2 Å². The second kappa shape index (κ2) is 18.4. The largest absolute Gasteiger partial charge is 0.494 e. The lowest BCUT2D eigenvalue weighted by Gasteiger charge is -2.09. The van der Waals surface area contributed by atoms with Crippen molar-refractivity contribution in [3.63, 3.8) is 0 Å². The number of ether oxygens (including phenoxy) is 4. The summed E-state index contributed by atoms with van der Waals surface area (Å²) in [6.07, 6.45) is 8.59. The summed E-state index contributed by atoms with van der Waals surface area (Å²) >= 11 is 0. The van der Waals surface area contributed by atoms with Crippen molar-refractivity contribution >= 4 is 17.9 Å². The number of carbonyl (C=O) groups excluding carboxylic acids is 3. The van der Waals surface area contributed by atoms with Crippen molar-refractivity contribution in [1.82, 2.24) is 0 Å². The van der Waals surface area contributed by atoms with Gasteiger partial charge in [0.25, 0.3) is 0 Å². The molecule has 7 heteroatoms. The Morgan fingerprint density at radius 2 is 1.07 bits per heavy atom. The fourth-order valence-electron chi connectivity index (χ4n) is 3.69. The fourth-order valence-corrected chi connectivity index (χ4v) is 3.69. The predicted octanol–water partition coefficient (Wildman–Crippen LogP) is 7.19. The highest BCUT2D eigenvalue weighted by molar-refractivity contribution is 5.91. The number of carbonyl (C=O) groups is 3. The molecule has 2 rings (SSSR count). The second-order valence-corrected chi connectivity index (χ2v) is 9.82. The normalized spacial score (nSPS) is 10.4. The standard InChI is InChI=1S/C33H42O7/c1-25(2)31(34)38-23-10-7-5-6-9-13-27-14-16-28(17-15-27)33(36)40-30-20-18-29(19-21-30)37-22-11-8-12-24-39-32(35)26(3)4/h14-21H,1,3,5-13,22-24H2,2,4H3. The summed E-state index contributed by atoms with van der Waals surface area (Å²) in [5.74, 6) is 0.0706. The lowest BCUT2D eigenvalue weighted by Crippen LogP contribution is -2.08. The molecule has 2 aromatic rings. The molecule has 0 heterocycles. The van der Waals surface area contributed by atoms with E-state index in [-0.39, 0.29) is 11.9 Å². The van der Waals surface area contributed by atoms with Crippen molar-refractivity contribution in [1.29, 1.82) is 0 Å². The van der Waals surface area contributed by atoms with Gasteiger partial charge in [-0.15, -0.1) is 0 Å². The van der Waals surface area contributed by atoms with Crippen LogP contribution in [0.5, 0.6) is 11.5 Å². The first kappa shape index (κ1) is 32.3. The second-order valence-electron chi connectivity index (χ2n) is 9.82. The Morgan fingerprint density at radius 1 is 0.600 bits per heavy atom. The van der Waals surface area contributed by atoms with Crippen molar-refractivity contribution in [2.45, 2.75) is 71.6 Å². The number of esters is 3. The zero-order valence-electron chi connectivity index (χ0n) is 23.9. The summed E-state index contributed by atoms with van der Waals surface area (Å²) in [6, 6.07) is 14.5. The summed E-state index contributed by atoms with van der Waals surface area (Å²) in [5.41, 5.74) is 2.52. The van der Waals surface area contributed by atoms with Gasteiger partial charge in [-0.25, -0.2) is 14.4 Å². The Balaban J connectivity index is 1.59. The van der Waals surface area contributed by atoms with Crippen molar-refractivity contribution in [2.75, 3.05) is 19.8 Å². The van der Waals surface area contributed by atoms with Crippen LogP contribution in [0.25, 0.3) is 0 Å². The van der Waals surface area contributed by atoms with E-state index >= 15 is 0 Å². The van der Waals surface area contributed by atoms with E-state index in [4.69, 9.17) is 18.9 Å². The first-order valence-corrected chi connectivity index (χ1v) is 14.0. The Morgan fingerprint density at radius 3 is 1.65 bits per heavy atom. The van der Waals surface area contributed by atoms with E-state index in [0.29, 0.717) is 48.0 Å². The molecule has 0 unspecified atom stereocenters. The SMILES string of the molecule is C=C(C)C(=O)OCCCCCCCc1ccc(C(=O)Oc2ccc(OCCCCCOC(=O)C(=C)C)cc2)cc1. The molecule has 0 atom stereocenters. The molecule has 0 N–H and O–H groups in total. The van der Waals surface area contributed by atoms with Crippen molar-refractivity contribution < 1.29 is 33.3 Å². The summed E-state index contributed by atoms with van der Waals surface area (Å²) in [6.45, 7) is 11.8. The van der Waals surface area contributed by atoms with Crippen LogP contribution in [0.2, 0.25) is 0 Å². The van der Waals surface area contributed by atoms with Crippen LogP contribution >= 0.6 is 0 Å². The maximum atomic E-state index is 12.5. The molecule has 7 nitrogen and oxygen atoms in total. The average Bonchev–Trinajstić information content (AvgIpc) is 2.94. The summed E-state index contributed by atoms with van der Waals surface area (Å²) in [4.78, 5) is 35.2. The molecule has 0 fully saturated rings.